The van der Waals surface area contributed by atoms with Crippen LogP contribution in [0.2, 0.25) is 0 Å². The second-order valence-corrected chi connectivity index (χ2v) is 5.98. The van der Waals surface area contributed by atoms with E-state index >= 15 is 0 Å². The van der Waals surface area contributed by atoms with Crippen molar-refractivity contribution in [1.82, 2.24) is 10.6 Å². The summed E-state index contributed by atoms with van der Waals surface area (Å²) in [5.74, 6) is -0.0191. The van der Waals surface area contributed by atoms with Crippen LogP contribution in [0.4, 0.5) is 13.2 Å². The molecular weight excluding hydrogens is 301 g/mol. The summed E-state index contributed by atoms with van der Waals surface area (Å²) in [4.78, 5) is 11.6. The molecule has 0 fully saturated rings. The standard InChI is InChI=1S/C14H19F3N2OS/c1-10(2)19-13(20)7-8-18-9-11-3-5-12(6-4-11)21-14(15,16)17/h3-6,10,18H,7-9H2,1-2H3,(H,19,20). The predicted octanol–water partition coefficient (Wildman–Crippen LogP) is 3.30. The molecule has 0 saturated heterocycles. The molecule has 0 bridgehead atoms. The van der Waals surface area contributed by atoms with Crippen molar-refractivity contribution in [3.05, 3.63) is 29.8 Å². The fourth-order valence-electron chi connectivity index (χ4n) is 1.64. The average molecular weight is 320 g/mol. The molecule has 118 valence electrons. The molecule has 0 atom stereocenters. The zero-order chi connectivity index (χ0) is 15.9. The van der Waals surface area contributed by atoms with Crippen LogP contribution < -0.4 is 10.6 Å². The highest BCUT2D eigenvalue weighted by Gasteiger charge is 2.28. The number of rotatable bonds is 7. The largest absolute Gasteiger partial charge is 0.446 e. The third kappa shape index (κ3) is 8.62. The van der Waals surface area contributed by atoms with Crippen LogP contribution in [0.5, 0.6) is 0 Å². The van der Waals surface area contributed by atoms with Gasteiger partial charge in [-0.15, -0.1) is 0 Å². The Morgan fingerprint density at radius 1 is 1.24 bits per heavy atom. The van der Waals surface area contributed by atoms with Crippen LogP contribution >= 0.6 is 11.8 Å². The first-order chi connectivity index (χ1) is 9.76. The van der Waals surface area contributed by atoms with E-state index in [4.69, 9.17) is 0 Å². The Hall–Kier alpha value is -1.21. The first-order valence-electron chi connectivity index (χ1n) is 6.61. The van der Waals surface area contributed by atoms with Crippen molar-refractivity contribution >= 4 is 17.7 Å². The Labute approximate surface area is 126 Å². The lowest BCUT2D eigenvalue weighted by atomic mass is 10.2. The second kappa shape index (κ2) is 8.29. The van der Waals surface area contributed by atoms with Gasteiger partial charge >= 0.3 is 5.51 Å². The van der Waals surface area contributed by atoms with E-state index in [0.29, 0.717) is 19.5 Å². The van der Waals surface area contributed by atoms with E-state index in [-0.39, 0.29) is 28.6 Å². The van der Waals surface area contributed by atoms with Gasteiger partial charge in [-0.2, -0.15) is 13.2 Å². The number of hydrogen-bond donors (Lipinski definition) is 2. The van der Waals surface area contributed by atoms with Crippen molar-refractivity contribution in [1.29, 1.82) is 0 Å². The van der Waals surface area contributed by atoms with Crippen molar-refractivity contribution in [3.8, 4) is 0 Å². The molecule has 0 unspecified atom stereocenters. The van der Waals surface area contributed by atoms with Crippen LogP contribution in [0.25, 0.3) is 0 Å². The topological polar surface area (TPSA) is 41.1 Å². The van der Waals surface area contributed by atoms with Gasteiger partial charge in [-0.05, 0) is 43.3 Å². The molecule has 3 nitrogen and oxygen atoms in total. The monoisotopic (exact) mass is 320 g/mol. The molecule has 0 saturated carbocycles. The van der Waals surface area contributed by atoms with Gasteiger partial charge in [0.2, 0.25) is 5.91 Å². The Balaban J connectivity index is 2.28. The molecule has 1 aromatic rings. The Morgan fingerprint density at radius 3 is 2.38 bits per heavy atom. The highest BCUT2D eigenvalue weighted by Crippen LogP contribution is 2.36. The summed E-state index contributed by atoms with van der Waals surface area (Å²) < 4.78 is 36.5. The van der Waals surface area contributed by atoms with Gasteiger partial charge in [0.05, 0.1) is 0 Å². The van der Waals surface area contributed by atoms with Crippen LogP contribution in [0, 0.1) is 0 Å². The highest BCUT2D eigenvalue weighted by atomic mass is 32.2. The lowest BCUT2D eigenvalue weighted by molar-refractivity contribution is -0.121. The van der Waals surface area contributed by atoms with E-state index in [1.807, 2.05) is 13.8 Å². The molecule has 0 radical (unpaired) electrons. The summed E-state index contributed by atoms with van der Waals surface area (Å²) in [6.07, 6.45) is 0.375. The van der Waals surface area contributed by atoms with Crippen LogP contribution in [0.1, 0.15) is 25.8 Å². The number of thioether (sulfide) groups is 1. The van der Waals surface area contributed by atoms with Crippen LogP contribution in [-0.2, 0) is 11.3 Å². The zero-order valence-electron chi connectivity index (χ0n) is 12.0. The number of carbonyl (C=O) groups is 1. The average Bonchev–Trinajstić information content (AvgIpc) is 2.34. The van der Waals surface area contributed by atoms with Gasteiger partial charge in [0.25, 0.3) is 0 Å². The number of carbonyl (C=O) groups excluding carboxylic acids is 1. The van der Waals surface area contributed by atoms with Gasteiger partial charge in [0, 0.05) is 30.4 Å². The van der Waals surface area contributed by atoms with E-state index in [2.05, 4.69) is 10.6 Å². The summed E-state index contributed by atoms with van der Waals surface area (Å²) in [7, 11) is 0. The van der Waals surface area contributed by atoms with Gasteiger partial charge in [-0.25, -0.2) is 0 Å². The molecule has 0 aromatic heterocycles. The summed E-state index contributed by atoms with van der Waals surface area (Å²) in [5, 5.41) is 5.87. The van der Waals surface area contributed by atoms with Crippen molar-refractivity contribution in [3.63, 3.8) is 0 Å². The summed E-state index contributed by atoms with van der Waals surface area (Å²) in [6, 6.07) is 6.31. The molecule has 21 heavy (non-hydrogen) atoms. The van der Waals surface area contributed by atoms with Crippen LogP contribution in [0.15, 0.2) is 29.2 Å². The minimum atomic E-state index is -4.26. The van der Waals surface area contributed by atoms with Crippen molar-refractivity contribution in [2.24, 2.45) is 0 Å². The smallest absolute Gasteiger partial charge is 0.354 e. The van der Waals surface area contributed by atoms with Crippen LogP contribution in [-0.4, -0.2) is 24.0 Å². The first-order valence-corrected chi connectivity index (χ1v) is 7.42. The fourth-order valence-corrected chi connectivity index (χ4v) is 2.18. The molecule has 1 rings (SSSR count). The number of hydrogen-bond acceptors (Lipinski definition) is 3. The van der Waals surface area contributed by atoms with Gasteiger partial charge in [0.1, 0.15) is 0 Å². The predicted molar refractivity (Wildman–Crippen MR) is 78.0 cm³/mol. The molecule has 0 heterocycles. The molecule has 0 spiro atoms. The molecule has 0 aliphatic carbocycles. The summed E-state index contributed by atoms with van der Waals surface area (Å²) in [5.41, 5.74) is -3.38. The second-order valence-electron chi connectivity index (χ2n) is 4.84. The maximum atomic E-state index is 12.2. The Morgan fingerprint density at radius 2 is 1.86 bits per heavy atom. The molecule has 0 aliphatic rings. The molecule has 1 amide bonds. The normalized spacial score (nSPS) is 11.7. The maximum absolute atomic E-state index is 12.2. The van der Waals surface area contributed by atoms with Gasteiger partial charge < -0.3 is 10.6 Å². The molecule has 2 N–H and O–H groups in total. The van der Waals surface area contributed by atoms with Gasteiger partial charge in [-0.3, -0.25) is 4.79 Å². The van der Waals surface area contributed by atoms with E-state index in [1.54, 1.807) is 12.1 Å². The molecule has 0 aliphatic heterocycles. The molecule has 1 aromatic carbocycles. The number of nitrogens with one attached hydrogen (secondary N) is 2. The van der Waals surface area contributed by atoms with E-state index in [9.17, 15) is 18.0 Å². The number of amides is 1. The lowest BCUT2D eigenvalue weighted by Crippen LogP contribution is -2.32. The first kappa shape index (κ1) is 17.8. The third-order valence-corrected chi connectivity index (χ3v) is 3.20. The number of halogens is 3. The molecular formula is C14H19F3N2OS. The number of benzene rings is 1. The van der Waals surface area contributed by atoms with Crippen molar-refractivity contribution in [2.75, 3.05) is 6.54 Å². The molecule has 7 heteroatoms. The van der Waals surface area contributed by atoms with Gasteiger partial charge in [-0.1, -0.05) is 12.1 Å². The van der Waals surface area contributed by atoms with E-state index in [0.717, 1.165) is 5.56 Å². The Bertz CT molecular complexity index is 447. The van der Waals surface area contributed by atoms with E-state index < -0.39 is 5.51 Å². The Kier molecular flexibility index (Phi) is 7.04. The SMILES string of the molecule is CC(C)NC(=O)CCNCc1ccc(SC(F)(F)F)cc1. The zero-order valence-corrected chi connectivity index (χ0v) is 12.8. The lowest BCUT2D eigenvalue weighted by Gasteiger charge is -2.09. The third-order valence-electron chi connectivity index (χ3n) is 2.46. The maximum Gasteiger partial charge on any atom is 0.446 e. The fraction of sp³-hybridized carbons (Fsp3) is 0.500. The van der Waals surface area contributed by atoms with Crippen molar-refractivity contribution < 1.29 is 18.0 Å². The summed E-state index contributed by atoms with van der Waals surface area (Å²) >= 11 is -0.126. The van der Waals surface area contributed by atoms with Gasteiger partial charge in [0.15, 0.2) is 0 Å². The van der Waals surface area contributed by atoms with Crippen molar-refractivity contribution in [2.45, 2.75) is 43.3 Å². The number of alkyl halides is 3. The minimum absolute atomic E-state index is 0.0191. The minimum Gasteiger partial charge on any atom is -0.354 e. The quantitative estimate of drug-likeness (QED) is 0.598. The van der Waals surface area contributed by atoms with E-state index in [1.165, 1.54) is 12.1 Å². The highest BCUT2D eigenvalue weighted by molar-refractivity contribution is 8.00. The van der Waals surface area contributed by atoms with Crippen LogP contribution in [0.3, 0.4) is 0 Å². The summed E-state index contributed by atoms with van der Waals surface area (Å²) in [6.45, 7) is 4.83.